The predicted molar refractivity (Wildman–Crippen MR) is 92.5 cm³/mol. The van der Waals surface area contributed by atoms with E-state index in [0.29, 0.717) is 22.4 Å². The van der Waals surface area contributed by atoms with Gasteiger partial charge in [0.05, 0.1) is 12.8 Å². The van der Waals surface area contributed by atoms with Crippen LogP contribution in [0.25, 0.3) is 11.0 Å². The number of methoxy groups -OCH3 is 1. The minimum atomic E-state index is -0.646. The lowest BCUT2D eigenvalue weighted by atomic mass is 10.1. The van der Waals surface area contributed by atoms with Crippen LogP contribution in [0, 0.1) is 5.82 Å². The molecule has 0 spiro atoms. The highest BCUT2D eigenvalue weighted by atomic mass is 19.1. The summed E-state index contributed by atoms with van der Waals surface area (Å²) in [6, 6.07) is 12.1. The van der Waals surface area contributed by atoms with Crippen molar-refractivity contribution in [2.24, 2.45) is 4.99 Å². The summed E-state index contributed by atoms with van der Waals surface area (Å²) >= 11 is 0. The van der Waals surface area contributed by atoms with Gasteiger partial charge in [-0.25, -0.2) is 9.38 Å². The van der Waals surface area contributed by atoms with Gasteiger partial charge in [-0.15, -0.1) is 0 Å². The minimum absolute atomic E-state index is 0.00743. The monoisotopic (exact) mass is 354 g/mol. The first-order valence-electron chi connectivity index (χ1n) is 7.70. The highest BCUT2D eigenvalue weighted by molar-refractivity contribution is 6.05. The molecule has 1 aromatic heterocycles. The quantitative estimate of drug-likeness (QED) is 0.784. The normalized spacial score (nSPS) is 11.4. The van der Waals surface area contributed by atoms with E-state index < -0.39 is 17.6 Å². The number of hydrogen-bond donors (Lipinski definition) is 1. The fraction of sp³-hybridized carbons (Fsp3) is 0.105. The highest BCUT2D eigenvalue weighted by Gasteiger charge is 2.14. The zero-order valence-electron chi connectivity index (χ0n) is 14.1. The van der Waals surface area contributed by atoms with Crippen LogP contribution in [0.5, 0.6) is 5.75 Å². The lowest BCUT2D eigenvalue weighted by molar-refractivity contribution is -0.118. The zero-order chi connectivity index (χ0) is 18.7. The van der Waals surface area contributed by atoms with Crippen molar-refractivity contribution >= 4 is 28.5 Å². The standard InChI is InChI=1S/C19H15FN2O4/c1-11(23)21-18(24)16-10-12-9-15(25-2)7-8-17(12)26-19(16)22-14-5-3-13(20)4-6-14/h3-10H,1-2H3,(H,21,23,24). The van der Waals surface area contributed by atoms with Crippen molar-refractivity contribution in [2.45, 2.75) is 6.92 Å². The summed E-state index contributed by atoms with van der Waals surface area (Å²) in [6.45, 7) is 1.23. The number of halogens is 1. The van der Waals surface area contributed by atoms with Gasteiger partial charge in [0.1, 0.15) is 22.7 Å². The van der Waals surface area contributed by atoms with E-state index in [2.05, 4.69) is 10.3 Å². The lowest BCUT2D eigenvalue weighted by Crippen LogP contribution is -2.32. The smallest absolute Gasteiger partial charge is 0.263 e. The maximum atomic E-state index is 13.1. The van der Waals surface area contributed by atoms with Gasteiger partial charge in [0.2, 0.25) is 11.5 Å². The van der Waals surface area contributed by atoms with E-state index in [-0.39, 0.29) is 11.1 Å². The number of ether oxygens (including phenoxy) is 1. The molecule has 6 nitrogen and oxygen atoms in total. The van der Waals surface area contributed by atoms with Crippen molar-refractivity contribution in [1.82, 2.24) is 5.32 Å². The molecule has 0 fully saturated rings. The zero-order valence-corrected chi connectivity index (χ0v) is 14.1. The van der Waals surface area contributed by atoms with Gasteiger partial charge < -0.3 is 9.15 Å². The molecule has 0 saturated heterocycles. The number of hydrogen-bond acceptors (Lipinski definition) is 5. The van der Waals surface area contributed by atoms with Crippen LogP contribution < -0.4 is 15.6 Å². The van der Waals surface area contributed by atoms with Gasteiger partial charge in [-0.3, -0.25) is 14.9 Å². The Morgan fingerprint density at radius 1 is 1.12 bits per heavy atom. The van der Waals surface area contributed by atoms with Gasteiger partial charge in [0.25, 0.3) is 5.91 Å². The number of nitrogens with zero attached hydrogens (tertiary/aromatic N) is 1. The molecule has 0 bridgehead atoms. The molecule has 0 aliphatic carbocycles. The molecule has 7 heteroatoms. The summed E-state index contributed by atoms with van der Waals surface area (Å²) in [6.07, 6.45) is 0. The van der Waals surface area contributed by atoms with E-state index in [1.54, 1.807) is 24.3 Å². The van der Waals surface area contributed by atoms with Crippen LogP contribution in [0.15, 0.2) is 57.9 Å². The minimum Gasteiger partial charge on any atom is -0.497 e. The third-order valence-corrected chi connectivity index (χ3v) is 3.55. The summed E-state index contributed by atoms with van der Waals surface area (Å²) in [4.78, 5) is 27.9. The molecule has 26 heavy (non-hydrogen) atoms. The molecule has 0 unspecified atom stereocenters. The van der Waals surface area contributed by atoms with Crippen molar-refractivity contribution < 1.29 is 23.1 Å². The van der Waals surface area contributed by atoms with Crippen molar-refractivity contribution in [2.75, 3.05) is 7.11 Å². The maximum absolute atomic E-state index is 13.1. The molecule has 0 atom stereocenters. The first-order valence-corrected chi connectivity index (χ1v) is 7.70. The van der Waals surface area contributed by atoms with Gasteiger partial charge in [0.15, 0.2) is 0 Å². The number of carbonyl (C=O) groups is 2. The van der Waals surface area contributed by atoms with E-state index in [0.717, 1.165) is 0 Å². The van der Waals surface area contributed by atoms with Gasteiger partial charge in [0, 0.05) is 12.3 Å². The maximum Gasteiger partial charge on any atom is 0.263 e. The second-order valence-electron chi connectivity index (χ2n) is 5.47. The summed E-state index contributed by atoms with van der Waals surface area (Å²) in [5.41, 5.74) is 0.962. The van der Waals surface area contributed by atoms with Gasteiger partial charge in [-0.2, -0.15) is 0 Å². The number of fused-ring (bicyclic) bond motifs is 1. The van der Waals surface area contributed by atoms with Gasteiger partial charge in [-0.05, 0) is 48.5 Å². The van der Waals surface area contributed by atoms with Crippen LogP contribution in [0.4, 0.5) is 10.1 Å². The Labute approximate surface area is 147 Å². The largest absolute Gasteiger partial charge is 0.497 e. The number of benzene rings is 2. The summed E-state index contributed by atoms with van der Waals surface area (Å²) in [7, 11) is 1.53. The van der Waals surface area contributed by atoms with E-state index in [9.17, 15) is 14.0 Å². The Hall–Kier alpha value is -3.48. The molecule has 0 aliphatic rings. The molecule has 3 rings (SSSR count). The number of carbonyl (C=O) groups excluding carboxylic acids is 2. The summed E-state index contributed by atoms with van der Waals surface area (Å²) < 4.78 is 24.0. The van der Waals surface area contributed by atoms with Crippen molar-refractivity contribution in [1.29, 1.82) is 0 Å². The second kappa shape index (κ2) is 7.18. The van der Waals surface area contributed by atoms with Crippen LogP contribution in [-0.2, 0) is 4.79 Å². The van der Waals surface area contributed by atoms with E-state index in [1.165, 1.54) is 38.3 Å². The number of rotatable bonds is 3. The van der Waals surface area contributed by atoms with Crippen LogP contribution in [-0.4, -0.2) is 18.9 Å². The van der Waals surface area contributed by atoms with Crippen molar-refractivity contribution in [3.8, 4) is 5.75 Å². The number of amides is 2. The SMILES string of the molecule is COc1ccc2oc(=Nc3ccc(F)cc3)c(C(=O)NC(C)=O)cc2c1. The Morgan fingerprint density at radius 3 is 2.50 bits per heavy atom. The predicted octanol–water partition coefficient (Wildman–Crippen LogP) is 3.09. The Bertz CT molecular complexity index is 1060. The van der Waals surface area contributed by atoms with Crippen LogP contribution in [0.1, 0.15) is 17.3 Å². The lowest BCUT2D eigenvalue weighted by Gasteiger charge is -2.06. The molecular weight excluding hydrogens is 339 g/mol. The third-order valence-electron chi connectivity index (χ3n) is 3.55. The van der Waals surface area contributed by atoms with Crippen LogP contribution in [0.3, 0.4) is 0 Å². The first-order chi connectivity index (χ1) is 12.5. The average Bonchev–Trinajstić information content (AvgIpc) is 2.62. The molecule has 2 amide bonds. The van der Waals surface area contributed by atoms with E-state index in [4.69, 9.17) is 9.15 Å². The van der Waals surface area contributed by atoms with E-state index >= 15 is 0 Å². The summed E-state index contributed by atoms with van der Waals surface area (Å²) in [5, 5.41) is 2.81. The first kappa shape index (κ1) is 17.3. The van der Waals surface area contributed by atoms with E-state index in [1.807, 2.05) is 0 Å². The average molecular weight is 354 g/mol. The molecule has 3 aromatic rings. The molecule has 1 heterocycles. The van der Waals surface area contributed by atoms with Gasteiger partial charge in [-0.1, -0.05) is 0 Å². The Morgan fingerprint density at radius 2 is 1.85 bits per heavy atom. The van der Waals surface area contributed by atoms with Crippen molar-refractivity contribution in [3.05, 3.63) is 65.5 Å². The molecule has 1 N–H and O–H groups in total. The topological polar surface area (TPSA) is 80.9 Å². The molecule has 132 valence electrons. The molecule has 0 aliphatic heterocycles. The molecular formula is C19H15FN2O4. The third kappa shape index (κ3) is 3.77. The molecule has 2 aromatic carbocycles. The Balaban J connectivity index is 2.22. The number of nitrogens with one attached hydrogen (secondary N) is 1. The van der Waals surface area contributed by atoms with Crippen molar-refractivity contribution in [3.63, 3.8) is 0 Å². The molecule has 0 saturated carbocycles. The van der Waals surface area contributed by atoms with Gasteiger partial charge >= 0.3 is 0 Å². The van der Waals surface area contributed by atoms with Crippen LogP contribution >= 0.6 is 0 Å². The molecule has 0 radical (unpaired) electrons. The second-order valence-corrected chi connectivity index (χ2v) is 5.47. The van der Waals surface area contributed by atoms with Crippen LogP contribution in [0.2, 0.25) is 0 Å². The summed E-state index contributed by atoms with van der Waals surface area (Å²) in [5.74, 6) is -0.963. The fourth-order valence-corrected chi connectivity index (χ4v) is 2.34. The Kier molecular flexibility index (Phi) is 4.79. The fourth-order valence-electron chi connectivity index (χ4n) is 2.34. The number of imide groups is 1. The highest BCUT2D eigenvalue weighted by Crippen LogP contribution is 2.21.